The lowest BCUT2D eigenvalue weighted by atomic mass is 9.98. The third-order valence-corrected chi connectivity index (χ3v) is 5.87. The van der Waals surface area contributed by atoms with Gasteiger partial charge in [0.1, 0.15) is 6.33 Å². The number of anilines is 1. The van der Waals surface area contributed by atoms with Crippen LogP contribution in [0.4, 0.5) is 5.69 Å². The van der Waals surface area contributed by atoms with Crippen LogP contribution >= 0.6 is 0 Å². The van der Waals surface area contributed by atoms with Gasteiger partial charge in [0.05, 0.1) is 5.92 Å². The number of hydrogen-bond acceptors (Lipinski definition) is 4. The number of amides is 2. The Balaban J connectivity index is 1.53. The number of benzene rings is 2. The zero-order valence-electron chi connectivity index (χ0n) is 17.7. The molecule has 1 aliphatic heterocycles. The summed E-state index contributed by atoms with van der Waals surface area (Å²) in [5.74, 6) is 0.342. The maximum absolute atomic E-state index is 13.3. The Kier molecular flexibility index (Phi) is 4.81. The van der Waals surface area contributed by atoms with Crippen LogP contribution in [0, 0.1) is 0 Å². The van der Waals surface area contributed by atoms with Gasteiger partial charge in [0.2, 0.25) is 0 Å². The number of aromatic nitrogens is 3. The van der Waals surface area contributed by atoms with Gasteiger partial charge >= 0.3 is 0 Å². The molecule has 2 amide bonds. The monoisotopic (exact) mass is 415 g/mol. The number of rotatable bonds is 5. The molecular formula is C24H25N5O2. The van der Waals surface area contributed by atoms with Crippen molar-refractivity contribution >= 4 is 17.5 Å². The number of nitrogens with zero attached hydrogens (tertiary/aromatic N) is 4. The Hall–Kier alpha value is -3.48. The number of fused-ring (bicyclic) bond motifs is 1. The van der Waals surface area contributed by atoms with E-state index in [1.165, 1.54) is 0 Å². The maximum atomic E-state index is 13.3. The molecule has 1 aliphatic carbocycles. The van der Waals surface area contributed by atoms with Gasteiger partial charge < -0.3 is 10.2 Å². The summed E-state index contributed by atoms with van der Waals surface area (Å²) in [4.78, 5) is 32.2. The second-order valence-corrected chi connectivity index (χ2v) is 8.53. The van der Waals surface area contributed by atoms with E-state index in [-0.39, 0.29) is 29.8 Å². The Morgan fingerprint density at radius 2 is 1.84 bits per heavy atom. The zero-order chi connectivity index (χ0) is 21.5. The highest BCUT2D eigenvalue weighted by atomic mass is 16.2. The van der Waals surface area contributed by atoms with E-state index in [4.69, 9.17) is 0 Å². The van der Waals surface area contributed by atoms with Crippen LogP contribution in [-0.4, -0.2) is 39.2 Å². The fourth-order valence-electron chi connectivity index (χ4n) is 3.94. The smallest absolute Gasteiger partial charge is 0.258 e. The van der Waals surface area contributed by atoms with Crippen molar-refractivity contribution in [2.24, 2.45) is 0 Å². The van der Waals surface area contributed by atoms with E-state index in [1.54, 1.807) is 17.3 Å². The van der Waals surface area contributed by atoms with E-state index in [9.17, 15) is 9.59 Å². The molecule has 3 aromatic rings. The lowest BCUT2D eigenvalue weighted by Crippen LogP contribution is -2.30. The third kappa shape index (κ3) is 3.71. The minimum atomic E-state index is -0.184. The topological polar surface area (TPSA) is 80.1 Å². The van der Waals surface area contributed by atoms with Gasteiger partial charge in [-0.25, -0.2) is 4.98 Å². The highest BCUT2D eigenvalue weighted by molar-refractivity contribution is 6.08. The van der Waals surface area contributed by atoms with Gasteiger partial charge in [-0.3, -0.25) is 14.3 Å². The fraction of sp³-hybridized carbons (Fsp3) is 0.333. The lowest BCUT2D eigenvalue weighted by Gasteiger charge is -2.18. The Labute approximate surface area is 181 Å². The predicted molar refractivity (Wildman–Crippen MR) is 117 cm³/mol. The van der Waals surface area contributed by atoms with E-state index in [0.29, 0.717) is 23.5 Å². The molecular weight excluding hydrogens is 390 g/mol. The Morgan fingerprint density at radius 3 is 2.52 bits per heavy atom. The standard InChI is InChI=1S/C24H25N5O2/c1-15(2)29-14-25-22(27-29)20-13-28(24(31)16-6-4-3-5-7-16)21-11-8-17(12-19(20)21)23(30)26-18-9-10-18/h3-8,11-12,14-15,18,20H,9-10,13H2,1-2H3,(H,26,30)/t20-/m0/s1. The van der Waals surface area contributed by atoms with E-state index in [2.05, 4.69) is 15.4 Å². The van der Waals surface area contributed by atoms with Gasteiger partial charge in [-0.15, -0.1) is 0 Å². The molecule has 31 heavy (non-hydrogen) atoms. The van der Waals surface area contributed by atoms with Crippen molar-refractivity contribution in [3.8, 4) is 0 Å². The average molecular weight is 415 g/mol. The molecule has 5 rings (SSSR count). The van der Waals surface area contributed by atoms with Crippen molar-refractivity contribution in [3.05, 3.63) is 77.4 Å². The molecule has 7 heteroatoms. The molecule has 1 fully saturated rings. The second-order valence-electron chi connectivity index (χ2n) is 8.53. The van der Waals surface area contributed by atoms with Gasteiger partial charge in [0.15, 0.2) is 5.82 Å². The van der Waals surface area contributed by atoms with Gasteiger partial charge in [0, 0.05) is 35.4 Å². The highest BCUT2D eigenvalue weighted by Gasteiger charge is 2.36. The summed E-state index contributed by atoms with van der Waals surface area (Å²) in [7, 11) is 0. The molecule has 1 atom stereocenters. The van der Waals surface area contributed by atoms with Gasteiger partial charge in [-0.1, -0.05) is 18.2 Å². The van der Waals surface area contributed by atoms with E-state index in [1.807, 2.05) is 61.0 Å². The quantitative estimate of drug-likeness (QED) is 0.691. The summed E-state index contributed by atoms with van der Waals surface area (Å²) < 4.78 is 1.82. The molecule has 1 aromatic heterocycles. The molecule has 0 saturated heterocycles. The number of hydrogen-bond donors (Lipinski definition) is 1. The molecule has 2 heterocycles. The molecule has 1 saturated carbocycles. The van der Waals surface area contributed by atoms with Crippen LogP contribution in [0.2, 0.25) is 0 Å². The largest absolute Gasteiger partial charge is 0.349 e. The molecule has 7 nitrogen and oxygen atoms in total. The van der Waals surface area contributed by atoms with Gasteiger partial charge in [0.25, 0.3) is 11.8 Å². The summed E-state index contributed by atoms with van der Waals surface area (Å²) in [5, 5.41) is 7.70. The van der Waals surface area contributed by atoms with Crippen molar-refractivity contribution in [1.82, 2.24) is 20.1 Å². The second kappa shape index (κ2) is 7.65. The molecule has 2 aromatic carbocycles. The first-order valence-corrected chi connectivity index (χ1v) is 10.7. The molecule has 0 bridgehead atoms. The number of carbonyl (C=O) groups is 2. The molecule has 0 radical (unpaired) electrons. The molecule has 0 spiro atoms. The first-order chi connectivity index (χ1) is 15.0. The minimum Gasteiger partial charge on any atom is -0.349 e. The van der Waals surface area contributed by atoms with Gasteiger partial charge in [-0.05, 0) is 62.6 Å². The molecule has 158 valence electrons. The summed E-state index contributed by atoms with van der Waals surface area (Å²) >= 11 is 0. The van der Waals surface area contributed by atoms with Crippen molar-refractivity contribution in [2.45, 2.75) is 44.7 Å². The van der Waals surface area contributed by atoms with Crippen molar-refractivity contribution < 1.29 is 9.59 Å². The van der Waals surface area contributed by atoms with E-state index >= 15 is 0 Å². The normalized spacial score (nSPS) is 17.6. The SMILES string of the molecule is CC(C)n1cnc([C@H]2CN(C(=O)c3ccccc3)c3ccc(C(=O)NC4CC4)cc32)n1. The zero-order valence-corrected chi connectivity index (χ0v) is 17.7. The summed E-state index contributed by atoms with van der Waals surface area (Å²) in [5.41, 5.74) is 2.95. The molecule has 2 aliphatic rings. The predicted octanol–water partition coefficient (Wildman–Crippen LogP) is 3.54. The van der Waals surface area contributed by atoms with Crippen molar-refractivity contribution in [1.29, 1.82) is 0 Å². The van der Waals surface area contributed by atoms with Crippen LogP contribution < -0.4 is 10.2 Å². The lowest BCUT2D eigenvalue weighted by molar-refractivity contribution is 0.0949. The van der Waals surface area contributed by atoms with Crippen LogP contribution in [0.15, 0.2) is 54.9 Å². The summed E-state index contributed by atoms with van der Waals surface area (Å²) in [6.07, 6.45) is 3.80. The summed E-state index contributed by atoms with van der Waals surface area (Å²) in [6.45, 7) is 4.54. The maximum Gasteiger partial charge on any atom is 0.258 e. The van der Waals surface area contributed by atoms with Crippen molar-refractivity contribution in [2.75, 3.05) is 11.4 Å². The Morgan fingerprint density at radius 1 is 1.06 bits per heavy atom. The number of nitrogens with one attached hydrogen (secondary N) is 1. The van der Waals surface area contributed by atoms with Crippen LogP contribution in [0.3, 0.4) is 0 Å². The van der Waals surface area contributed by atoms with Crippen LogP contribution in [0.25, 0.3) is 0 Å². The van der Waals surface area contributed by atoms with Crippen LogP contribution in [0.1, 0.15) is 70.8 Å². The molecule has 1 N–H and O–H groups in total. The van der Waals surface area contributed by atoms with E-state index < -0.39 is 0 Å². The first kappa shape index (κ1) is 19.5. The van der Waals surface area contributed by atoms with Crippen molar-refractivity contribution in [3.63, 3.8) is 0 Å². The minimum absolute atomic E-state index is 0.0668. The highest BCUT2D eigenvalue weighted by Crippen LogP contribution is 2.40. The average Bonchev–Trinajstić information content (AvgIpc) is 3.32. The first-order valence-electron chi connectivity index (χ1n) is 10.7. The van der Waals surface area contributed by atoms with E-state index in [0.717, 1.165) is 24.1 Å². The van der Waals surface area contributed by atoms with Gasteiger partial charge in [-0.2, -0.15) is 5.10 Å². The van der Waals surface area contributed by atoms with Crippen LogP contribution in [-0.2, 0) is 0 Å². The fourth-order valence-corrected chi connectivity index (χ4v) is 3.94. The molecule has 0 unspecified atom stereocenters. The summed E-state index contributed by atoms with van der Waals surface area (Å²) in [6, 6.07) is 15.3. The third-order valence-electron chi connectivity index (χ3n) is 5.87. The Bertz CT molecular complexity index is 1130. The van der Waals surface area contributed by atoms with Crippen LogP contribution in [0.5, 0.6) is 0 Å². The number of carbonyl (C=O) groups excluding carboxylic acids is 2.